The van der Waals surface area contributed by atoms with Gasteiger partial charge in [0.1, 0.15) is 0 Å². The first-order chi connectivity index (χ1) is 10.1. The van der Waals surface area contributed by atoms with E-state index >= 15 is 0 Å². The molecule has 4 nitrogen and oxygen atoms in total. The maximum atomic E-state index is 12.2. The number of aliphatic hydroxyl groups is 1. The van der Waals surface area contributed by atoms with E-state index in [0.29, 0.717) is 28.4 Å². The molecule has 0 aromatic heterocycles. The van der Waals surface area contributed by atoms with Gasteiger partial charge in [-0.3, -0.25) is 4.79 Å². The number of nitrogens with one attached hydrogen (secondary N) is 1. The average Bonchev–Trinajstić information content (AvgIpc) is 2.45. The largest absolute Gasteiger partial charge is 0.399 e. The lowest BCUT2D eigenvalue weighted by Gasteiger charge is -2.09. The van der Waals surface area contributed by atoms with Crippen LogP contribution in [0.1, 0.15) is 22.3 Å². The summed E-state index contributed by atoms with van der Waals surface area (Å²) in [6.45, 7) is 0.150. The summed E-state index contributed by atoms with van der Waals surface area (Å²) in [6, 6.07) is 12.3. The van der Waals surface area contributed by atoms with Gasteiger partial charge in [-0.15, -0.1) is 0 Å². The fourth-order valence-electron chi connectivity index (χ4n) is 2.00. The minimum absolute atomic E-state index is 0.150. The third kappa shape index (κ3) is 4.21. The molecular weight excluding hydrogens is 288 g/mol. The van der Waals surface area contributed by atoms with E-state index in [9.17, 15) is 4.79 Å². The number of carbonyl (C=O) groups is 1. The number of amides is 1. The van der Waals surface area contributed by atoms with Crippen LogP contribution >= 0.6 is 11.6 Å². The highest BCUT2D eigenvalue weighted by Gasteiger charge is 2.10. The zero-order valence-corrected chi connectivity index (χ0v) is 12.2. The predicted molar refractivity (Wildman–Crippen MR) is 85.7 cm³/mol. The van der Waals surface area contributed by atoms with Crippen molar-refractivity contribution < 1.29 is 9.90 Å². The summed E-state index contributed by atoms with van der Waals surface area (Å²) in [6.07, 6.45) is 1.46. The molecule has 2 aromatic rings. The Hall–Kier alpha value is -2.04. The Labute approximate surface area is 128 Å². The quantitative estimate of drug-likeness (QED) is 0.743. The van der Waals surface area contributed by atoms with Crippen molar-refractivity contribution in [1.82, 2.24) is 0 Å². The van der Waals surface area contributed by atoms with Crippen LogP contribution in [-0.2, 0) is 6.42 Å². The number of carbonyl (C=O) groups excluding carboxylic acids is 1. The van der Waals surface area contributed by atoms with E-state index in [4.69, 9.17) is 22.4 Å². The lowest BCUT2D eigenvalue weighted by molar-refractivity contribution is 0.102. The molecule has 0 bridgehead atoms. The highest BCUT2D eigenvalue weighted by molar-refractivity contribution is 6.34. The van der Waals surface area contributed by atoms with Crippen LogP contribution in [0.5, 0.6) is 0 Å². The molecule has 0 aliphatic heterocycles. The topological polar surface area (TPSA) is 75.4 Å². The van der Waals surface area contributed by atoms with Crippen LogP contribution < -0.4 is 11.1 Å². The third-order valence-electron chi connectivity index (χ3n) is 3.05. The Morgan fingerprint density at radius 3 is 2.76 bits per heavy atom. The molecule has 0 aliphatic carbocycles. The summed E-state index contributed by atoms with van der Waals surface area (Å²) in [4.78, 5) is 12.2. The van der Waals surface area contributed by atoms with Crippen LogP contribution in [0.15, 0.2) is 42.5 Å². The second-order valence-electron chi connectivity index (χ2n) is 4.72. The molecule has 2 aromatic carbocycles. The molecule has 5 heteroatoms. The number of rotatable bonds is 5. The summed E-state index contributed by atoms with van der Waals surface area (Å²) in [5.74, 6) is -0.278. The number of anilines is 2. The molecule has 0 aliphatic rings. The minimum atomic E-state index is -0.278. The van der Waals surface area contributed by atoms with Gasteiger partial charge in [0.25, 0.3) is 5.91 Å². The van der Waals surface area contributed by atoms with Gasteiger partial charge >= 0.3 is 0 Å². The first-order valence-electron chi connectivity index (χ1n) is 6.66. The maximum Gasteiger partial charge on any atom is 0.257 e. The number of halogens is 1. The lowest BCUT2D eigenvalue weighted by atomic mass is 10.1. The van der Waals surface area contributed by atoms with E-state index in [1.54, 1.807) is 18.2 Å². The van der Waals surface area contributed by atoms with Crippen LogP contribution in [0.4, 0.5) is 11.4 Å². The molecule has 0 atom stereocenters. The number of nitrogen functional groups attached to an aromatic ring is 1. The molecule has 110 valence electrons. The molecule has 0 heterocycles. The second kappa shape index (κ2) is 7.11. The van der Waals surface area contributed by atoms with Crippen molar-refractivity contribution in [2.75, 3.05) is 17.7 Å². The number of aliphatic hydroxyl groups excluding tert-OH is 1. The first kappa shape index (κ1) is 15.4. The maximum absolute atomic E-state index is 12.2. The van der Waals surface area contributed by atoms with Crippen molar-refractivity contribution in [2.45, 2.75) is 12.8 Å². The molecular formula is C16H17ClN2O2. The second-order valence-corrected chi connectivity index (χ2v) is 5.13. The van der Waals surface area contributed by atoms with E-state index in [-0.39, 0.29) is 12.5 Å². The number of nitrogens with two attached hydrogens (primary N) is 1. The van der Waals surface area contributed by atoms with Crippen molar-refractivity contribution >= 4 is 28.9 Å². The Balaban J connectivity index is 2.12. The number of hydrogen-bond acceptors (Lipinski definition) is 3. The van der Waals surface area contributed by atoms with Gasteiger partial charge in [-0.1, -0.05) is 23.7 Å². The number of aryl methyl sites for hydroxylation is 1. The van der Waals surface area contributed by atoms with Gasteiger partial charge in [0.05, 0.1) is 10.6 Å². The zero-order valence-electron chi connectivity index (χ0n) is 11.5. The molecule has 21 heavy (non-hydrogen) atoms. The van der Waals surface area contributed by atoms with E-state index in [0.717, 1.165) is 12.0 Å². The fraction of sp³-hybridized carbons (Fsp3) is 0.188. The predicted octanol–water partition coefficient (Wildman–Crippen LogP) is 3.10. The lowest BCUT2D eigenvalue weighted by Crippen LogP contribution is -2.12. The van der Waals surface area contributed by atoms with E-state index in [2.05, 4.69) is 5.32 Å². The number of hydrogen-bond donors (Lipinski definition) is 3. The minimum Gasteiger partial charge on any atom is -0.399 e. The zero-order chi connectivity index (χ0) is 15.2. The highest BCUT2D eigenvalue weighted by atomic mass is 35.5. The smallest absolute Gasteiger partial charge is 0.257 e. The van der Waals surface area contributed by atoms with Crippen molar-refractivity contribution in [3.05, 3.63) is 58.6 Å². The Bertz CT molecular complexity index is 644. The molecule has 0 saturated carbocycles. The fourth-order valence-corrected chi connectivity index (χ4v) is 2.28. The van der Waals surface area contributed by atoms with Gasteiger partial charge in [0, 0.05) is 18.0 Å². The molecule has 0 spiro atoms. The van der Waals surface area contributed by atoms with Gasteiger partial charge in [0.15, 0.2) is 0 Å². The Morgan fingerprint density at radius 2 is 2.05 bits per heavy atom. The molecule has 2 rings (SSSR count). The van der Waals surface area contributed by atoms with E-state index in [1.165, 1.54) is 0 Å². The molecule has 1 amide bonds. The molecule has 4 N–H and O–H groups in total. The SMILES string of the molecule is Nc1ccc(C(=O)Nc2cccc(CCCO)c2)c(Cl)c1. The monoisotopic (exact) mass is 304 g/mol. The summed E-state index contributed by atoms with van der Waals surface area (Å²) in [5.41, 5.74) is 8.27. The molecule has 0 radical (unpaired) electrons. The van der Waals surface area contributed by atoms with Crippen LogP contribution in [-0.4, -0.2) is 17.6 Å². The summed E-state index contributed by atoms with van der Waals surface area (Å²) in [5, 5.41) is 12.0. The first-order valence-corrected chi connectivity index (χ1v) is 7.04. The summed E-state index contributed by atoms with van der Waals surface area (Å²) in [7, 11) is 0. The van der Waals surface area contributed by atoms with E-state index < -0.39 is 0 Å². The van der Waals surface area contributed by atoms with Gasteiger partial charge < -0.3 is 16.2 Å². The normalized spacial score (nSPS) is 10.4. The van der Waals surface area contributed by atoms with Crippen molar-refractivity contribution in [3.63, 3.8) is 0 Å². The van der Waals surface area contributed by atoms with E-state index in [1.807, 2.05) is 24.3 Å². The van der Waals surface area contributed by atoms with Crippen LogP contribution in [0.25, 0.3) is 0 Å². The molecule has 0 fully saturated rings. The highest BCUT2D eigenvalue weighted by Crippen LogP contribution is 2.21. The summed E-state index contributed by atoms with van der Waals surface area (Å²) < 4.78 is 0. The number of benzene rings is 2. The van der Waals surface area contributed by atoms with Gasteiger partial charge in [-0.25, -0.2) is 0 Å². The standard InChI is InChI=1S/C16H17ClN2O2/c17-15-10-12(18)6-7-14(15)16(21)19-13-5-1-3-11(9-13)4-2-8-20/h1,3,5-7,9-10,20H,2,4,8,18H2,(H,19,21). The summed E-state index contributed by atoms with van der Waals surface area (Å²) >= 11 is 6.02. The Morgan fingerprint density at radius 1 is 1.24 bits per heavy atom. The Kier molecular flexibility index (Phi) is 5.20. The van der Waals surface area contributed by atoms with Crippen molar-refractivity contribution in [2.24, 2.45) is 0 Å². The van der Waals surface area contributed by atoms with Crippen molar-refractivity contribution in [3.8, 4) is 0 Å². The molecule has 0 saturated heterocycles. The van der Waals surface area contributed by atoms with Crippen LogP contribution in [0, 0.1) is 0 Å². The van der Waals surface area contributed by atoms with Crippen LogP contribution in [0.2, 0.25) is 5.02 Å². The molecule has 0 unspecified atom stereocenters. The van der Waals surface area contributed by atoms with Crippen molar-refractivity contribution in [1.29, 1.82) is 0 Å². The average molecular weight is 305 g/mol. The third-order valence-corrected chi connectivity index (χ3v) is 3.36. The van der Waals surface area contributed by atoms with Gasteiger partial charge in [0.2, 0.25) is 0 Å². The van der Waals surface area contributed by atoms with Crippen LogP contribution in [0.3, 0.4) is 0 Å². The van der Waals surface area contributed by atoms with Gasteiger partial charge in [-0.05, 0) is 48.7 Å². The van der Waals surface area contributed by atoms with Gasteiger partial charge in [-0.2, -0.15) is 0 Å².